The summed E-state index contributed by atoms with van der Waals surface area (Å²) in [6, 6.07) is 5.16. The van der Waals surface area contributed by atoms with Crippen LogP contribution < -0.4 is 5.32 Å². The van der Waals surface area contributed by atoms with Gasteiger partial charge >= 0.3 is 0 Å². The molecule has 0 amide bonds. The molecule has 0 fully saturated rings. The summed E-state index contributed by atoms with van der Waals surface area (Å²) in [5.74, 6) is 0.956. The van der Waals surface area contributed by atoms with Crippen molar-refractivity contribution in [1.82, 2.24) is 10.3 Å². The first-order chi connectivity index (χ1) is 9.63. The zero-order valence-corrected chi connectivity index (χ0v) is 11.5. The van der Waals surface area contributed by atoms with Crippen molar-refractivity contribution in [2.45, 2.75) is 26.8 Å². The van der Waals surface area contributed by atoms with E-state index in [2.05, 4.69) is 17.2 Å². The molecule has 6 nitrogen and oxygen atoms in total. The van der Waals surface area contributed by atoms with E-state index in [0.717, 1.165) is 13.0 Å². The van der Waals surface area contributed by atoms with Crippen molar-refractivity contribution in [3.63, 3.8) is 0 Å². The maximum atomic E-state index is 11.2. The van der Waals surface area contributed by atoms with Crippen LogP contribution in [0.2, 0.25) is 0 Å². The van der Waals surface area contributed by atoms with E-state index in [1.54, 1.807) is 25.1 Å². The Labute approximate surface area is 117 Å². The molecule has 1 N–H and O–H groups in total. The fraction of sp³-hybridized carbons (Fsp3) is 0.357. The van der Waals surface area contributed by atoms with Crippen molar-refractivity contribution in [1.29, 1.82) is 0 Å². The van der Waals surface area contributed by atoms with Crippen molar-refractivity contribution in [2.24, 2.45) is 0 Å². The van der Waals surface area contributed by atoms with Crippen LogP contribution in [0.25, 0.3) is 11.3 Å². The van der Waals surface area contributed by atoms with Gasteiger partial charge in [-0.25, -0.2) is 4.98 Å². The predicted molar refractivity (Wildman–Crippen MR) is 75.3 cm³/mol. The molecule has 0 spiro atoms. The van der Waals surface area contributed by atoms with E-state index in [0.29, 0.717) is 29.3 Å². The van der Waals surface area contributed by atoms with E-state index in [4.69, 9.17) is 4.42 Å². The molecule has 0 radical (unpaired) electrons. The van der Waals surface area contributed by atoms with Gasteiger partial charge in [0.25, 0.3) is 5.69 Å². The second kappa shape index (κ2) is 6.29. The molecule has 1 aromatic heterocycles. The summed E-state index contributed by atoms with van der Waals surface area (Å²) in [4.78, 5) is 14.9. The molecule has 1 heterocycles. The zero-order chi connectivity index (χ0) is 14.5. The first-order valence-corrected chi connectivity index (χ1v) is 6.53. The van der Waals surface area contributed by atoms with Gasteiger partial charge in [0.15, 0.2) is 5.76 Å². The van der Waals surface area contributed by atoms with Crippen LogP contribution in [0.1, 0.15) is 24.8 Å². The molecular formula is C14H17N3O3. The molecule has 0 aliphatic carbocycles. The molecule has 6 heteroatoms. The first kappa shape index (κ1) is 14.2. The quantitative estimate of drug-likeness (QED) is 0.498. The van der Waals surface area contributed by atoms with Gasteiger partial charge in [-0.3, -0.25) is 10.1 Å². The van der Waals surface area contributed by atoms with Crippen LogP contribution in [-0.4, -0.2) is 16.5 Å². The van der Waals surface area contributed by atoms with Crippen LogP contribution in [-0.2, 0) is 6.54 Å². The fourth-order valence-corrected chi connectivity index (χ4v) is 1.99. The van der Waals surface area contributed by atoms with Crippen LogP contribution in [0.15, 0.2) is 28.8 Å². The number of para-hydroxylation sites is 1. The van der Waals surface area contributed by atoms with Crippen molar-refractivity contribution >= 4 is 5.69 Å². The molecule has 106 valence electrons. The van der Waals surface area contributed by atoms with Crippen molar-refractivity contribution < 1.29 is 9.34 Å². The van der Waals surface area contributed by atoms with Crippen molar-refractivity contribution in [3.8, 4) is 11.3 Å². The highest BCUT2D eigenvalue weighted by Crippen LogP contribution is 2.32. The zero-order valence-electron chi connectivity index (χ0n) is 11.5. The number of benzene rings is 1. The molecule has 0 atom stereocenters. The second-order valence-electron chi connectivity index (χ2n) is 4.52. The van der Waals surface area contributed by atoms with Crippen LogP contribution in [0.4, 0.5) is 5.69 Å². The van der Waals surface area contributed by atoms with Crippen LogP contribution >= 0.6 is 0 Å². The third-order valence-corrected chi connectivity index (χ3v) is 2.94. The largest absolute Gasteiger partial charge is 0.439 e. The van der Waals surface area contributed by atoms with Gasteiger partial charge < -0.3 is 9.73 Å². The minimum atomic E-state index is -0.387. The molecule has 0 aliphatic rings. The fourth-order valence-electron chi connectivity index (χ4n) is 1.99. The van der Waals surface area contributed by atoms with Crippen molar-refractivity contribution in [3.05, 3.63) is 46.0 Å². The average Bonchev–Trinajstić information content (AvgIpc) is 2.87. The summed E-state index contributed by atoms with van der Waals surface area (Å²) in [6.45, 7) is 5.18. The Morgan fingerprint density at radius 2 is 2.25 bits per heavy atom. The number of rotatable bonds is 6. The summed E-state index contributed by atoms with van der Waals surface area (Å²) in [5, 5.41) is 14.3. The van der Waals surface area contributed by atoms with Crippen LogP contribution in [0.3, 0.4) is 0 Å². The average molecular weight is 275 g/mol. The van der Waals surface area contributed by atoms with E-state index in [9.17, 15) is 10.1 Å². The van der Waals surface area contributed by atoms with Gasteiger partial charge in [-0.1, -0.05) is 19.1 Å². The third-order valence-electron chi connectivity index (χ3n) is 2.94. The summed E-state index contributed by atoms with van der Waals surface area (Å²) in [5.41, 5.74) is 1.13. The smallest absolute Gasteiger partial charge is 0.283 e. The molecule has 0 aliphatic heterocycles. The summed E-state index contributed by atoms with van der Waals surface area (Å²) in [6.07, 6.45) is 2.56. The van der Waals surface area contributed by atoms with Gasteiger partial charge in [0.1, 0.15) is 0 Å². The van der Waals surface area contributed by atoms with Gasteiger partial charge in [-0.2, -0.15) is 0 Å². The lowest BCUT2D eigenvalue weighted by Gasteiger charge is -2.02. The van der Waals surface area contributed by atoms with Gasteiger partial charge in [-0.15, -0.1) is 0 Å². The minimum absolute atomic E-state index is 0.0664. The number of oxazole rings is 1. The van der Waals surface area contributed by atoms with Crippen molar-refractivity contribution in [2.75, 3.05) is 6.54 Å². The highest BCUT2D eigenvalue weighted by atomic mass is 16.6. The molecule has 20 heavy (non-hydrogen) atoms. The van der Waals surface area contributed by atoms with Gasteiger partial charge in [-0.05, 0) is 26.0 Å². The molecule has 0 bridgehead atoms. The molecule has 1 aromatic carbocycles. The Kier molecular flexibility index (Phi) is 4.47. The lowest BCUT2D eigenvalue weighted by Crippen LogP contribution is -2.13. The number of nitrogens with one attached hydrogen (secondary N) is 1. The highest BCUT2D eigenvalue weighted by Gasteiger charge is 2.20. The lowest BCUT2D eigenvalue weighted by molar-refractivity contribution is -0.384. The predicted octanol–water partition coefficient (Wildman–Crippen LogP) is 3.06. The molecule has 0 saturated carbocycles. The number of hydrogen-bond donors (Lipinski definition) is 1. The summed E-state index contributed by atoms with van der Waals surface area (Å²) in [7, 11) is 0. The van der Waals surface area contributed by atoms with Crippen LogP contribution in [0, 0.1) is 17.0 Å². The summed E-state index contributed by atoms with van der Waals surface area (Å²) < 4.78 is 5.58. The second-order valence-corrected chi connectivity index (χ2v) is 4.52. The molecular weight excluding hydrogens is 258 g/mol. The topological polar surface area (TPSA) is 81.2 Å². The Bertz CT molecular complexity index is 607. The standard InChI is InChI=1S/C14H17N3O3/c1-3-7-15-9-13-16-8-12(20-13)11-6-4-5-10(2)14(11)17(18)19/h4-6,8,15H,3,7,9H2,1-2H3. The maximum Gasteiger partial charge on any atom is 0.283 e. The summed E-state index contributed by atoms with van der Waals surface area (Å²) >= 11 is 0. The SMILES string of the molecule is CCCNCc1ncc(-c2cccc(C)c2[N+](=O)[O-])o1. The van der Waals surface area contributed by atoms with Gasteiger partial charge in [0.2, 0.25) is 5.89 Å². The normalized spacial score (nSPS) is 10.7. The van der Waals surface area contributed by atoms with E-state index in [1.165, 1.54) is 6.20 Å². The van der Waals surface area contributed by atoms with Crippen LogP contribution in [0.5, 0.6) is 0 Å². The molecule has 2 rings (SSSR count). The minimum Gasteiger partial charge on any atom is -0.439 e. The monoisotopic (exact) mass is 275 g/mol. The van der Waals surface area contributed by atoms with E-state index < -0.39 is 0 Å². The molecule has 0 unspecified atom stereocenters. The molecule has 0 saturated heterocycles. The van der Waals surface area contributed by atoms with Gasteiger partial charge in [0, 0.05) is 5.56 Å². The third kappa shape index (κ3) is 3.03. The Hall–Kier alpha value is -2.21. The number of aromatic nitrogens is 1. The first-order valence-electron chi connectivity index (χ1n) is 6.53. The van der Waals surface area contributed by atoms with E-state index in [1.807, 2.05) is 0 Å². The Balaban J connectivity index is 2.28. The number of nitro groups is 1. The van der Waals surface area contributed by atoms with Gasteiger partial charge in [0.05, 0.1) is 23.2 Å². The Morgan fingerprint density at radius 3 is 2.95 bits per heavy atom. The number of nitro benzene ring substituents is 1. The number of hydrogen-bond acceptors (Lipinski definition) is 5. The number of nitrogens with zero attached hydrogens (tertiary/aromatic N) is 2. The maximum absolute atomic E-state index is 11.2. The van der Waals surface area contributed by atoms with E-state index >= 15 is 0 Å². The number of aryl methyl sites for hydroxylation is 1. The Morgan fingerprint density at radius 1 is 1.45 bits per heavy atom. The van der Waals surface area contributed by atoms with E-state index in [-0.39, 0.29) is 10.6 Å². The lowest BCUT2D eigenvalue weighted by atomic mass is 10.1. The molecule has 2 aromatic rings. The highest BCUT2D eigenvalue weighted by molar-refractivity contribution is 5.71.